The van der Waals surface area contributed by atoms with Gasteiger partial charge in [-0.3, -0.25) is 9.69 Å². The fraction of sp³-hybridized carbons (Fsp3) is 0.353. The van der Waals surface area contributed by atoms with E-state index in [0.29, 0.717) is 18.4 Å². The van der Waals surface area contributed by atoms with Crippen LogP contribution in [0.5, 0.6) is 0 Å². The van der Waals surface area contributed by atoms with Crippen LogP contribution in [-0.2, 0) is 16.8 Å². The molecular formula is C17H16F2N4O2. The number of hydrogen-bond donors (Lipinski definition) is 2. The summed E-state index contributed by atoms with van der Waals surface area (Å²) in [4.78, 5) is 22.9. The van der Waals surface area contributed by atoms with Gasteiger partial charge in [0.1, 0.15) is 18.2 Å². The Balaban J connectivity index is 1.96. The molecule has 1 aromatic carbocycles. The Labute approximate surface area is 142 Å². The van der Waals surface area contributed by atoms with Crippen LogP contribution in [0.15, 0.2) is 18.2 Å². The average molecular weight is 346 g/mol. The highest BCUT2D eigenvalue weighted by atomic mass is 19.2. The highest BCUT2D eigenvalue weighted by Gasteiger charge is 2.55. The second kappa shape index (κ2) is 5.45. The molecule has 130 valence electrons. The van der Waals surface area contributed by atoms with Gasteiger partial charge in [-0.1, -0.05) is 12.8 Å². The summed E-state index contributed by atoms with van der Waals surface area (Å²) in [7, 11) is 0. The molecule has 3 N–H and O–H groups in total. The normalized spacial score (nSPS) is 18.2. The zero-order chi connectivity index (χ0) is 17.8. The zero-order valence-corrected chi connectivity index (χ0v) is 13.3. The van der Waals surface area contributed by atoms with Crippen LogP contribution in [0.1, 0.15) is 37.1 Å². The van der Waals surface area contributed by atoms with Crippen molar-refractivity contribution in [2.75, 3.05) is 10.6 Å². The Morgan fingerprint density at radius 2 is 1.92 bits per heavy atom. The SMILES string of the molecule is Nc1nc(CO)nc2c1C1(CCCC1)C(=O)N2c1ccc(F)c(F)c1. The molecule has 2 aromatic rings. The van der Waals surface area contributed by atoms with E-state index in [-0.39, 0.29) is 29.1 Å². The van der Waals surface area contributed by atoms with Gasteiger partial charge in [0, 0.05) is 6.07 Å². The number of halogens is 2. The van der Waals surface area contributed by atoms with Crippen molar-refractivity contribution in [2.24, 2.45) is 0 Å². The molecule has 1 fully saturated rings. The Hall–Kier alpha value is -2.61. The lowest BCUT2D eigenvalue weighted by atomic mass is 9.80. The lowest BCUT2D eigenvalue weighted by Gasteiger charge is -2.23. The highest BCUT2D eigenvalue weighted by Crippen LogP contribution is 2.54. The number of carbonyl (C=O) groups is 1. The van der Waals surface area contributed by atoms with Crippen LogP contribution in [0, 0.1) is 11.6 Å². The lowest BCUT2D eigenvalue weighted by molar-refractivity contribution is -0.122. The highest BCUT2D eigenvalue weighted by molar-refractivity contribution is 6.13. The standard InChI is InChI=1S/C17H16F2N4O2/c18-10-4-3-9(7-11(10)19)23-15-13(14(20)21-12(8-24)22-15)17(16(23)25)5-1-2-6-17/h3-4,7,24H,1-2,5-6,8H2,(H2,20,21,22). The molecule has 0 bridgehead atoms. The summed E-state index contributed by atoms with van der Waals surface area (Å²) in [6.45, 7) is -0.440. The van der Waals surface area contributed by atoms with Crippen molar-refractivity contribution in [1.82, 2.24) is 9.97 Å². The predicted molar refractivity (Wildman–Crippen MR) is 86.0 cm³/mol. The first-order valence-electron chi connectivity index (χ1n) is 8.05. The van der Waals surface area contributed by atoms with E-state index in [0.717, 1.165) is 25.0 Å². The molecule has 1 amide bonds. The molecule has 0 unspecified atom stereocenters. The first kappa shape index (κ1) is 15.9. The predicted octanol–water partition coefficient (Wildman–Crippen LogP) is 2.32. The molecule has 6 nitrogen and oxygen atoms in total. The number of nitrogens with two attached hydrogens (primary N) is 1. The van der Waals surface area contributed by atoms with E-state index >= 15 is 0 Å². The van der Waals surface area contributed by atoms with Crippen LogP contribution in [0.4, 0.5) is 26.1 Å². The number of rotatable bonds is 2. The smallest absolute Gasteiger partial charge is 0.243 e. The fourth-order valence-corrected chi connectivity index (χ4v) is 3.93. The largest absolute Gasteiger partial charge is 0.388 e. The summed E-state index contributed by atoms with van der Waals surface area (Å²) >= 11 is 0. The Bertz CT molecular complexity index is 881. The van der Waals surface area contributed by atoms with Crippen molar-refractivity contribution in [3.05, 3.63) is 41.2 Å². The summed E-state index contributed by atoms with van der Waals surface area (Å²) in [6, 6.07) is 3.25. The maximum atomic E-state index is 13.7. The third-order valence-corrected chi connectivity index (χ3v) is 5.03. The average Bonchev–Trinajstić information content (AvgIpc) is 3.16. The number of anilines is 3. The first-order valence-corrected chi connectivity index (χ1v) is 8.05. The minimum absolute atomic E-state index is 0.0756. The number of aliphatic hydroxyl groups excluding tert-OH is 1. The van der Waals surface area contributed by atoms with Gasteiger partial charge in [-0.05, 0) is 25.0 Å². The summed E-state index contributed by atoms with van der Waals surface area (Å²) in [5, 5.41) is 9.36. The second-order valence-corrected chi connectivity index (χ2v) is 6.41. The maximum Gasteiger partial charge on any atom is 0.243 e. The molecule has 2 heterocycles. The molecule has 0 atom stereocenters. The van der Waals surface area contributed by atoms with Crippen molar-refractivity contribution in [2.45, 2.75) is 37.7 Å². The minimum atomic E-state index is -1.05. The van der Waals surface area contributed by atoms with Crippen LogP contribution in [0.25, 0.3) is 0 Å². The quantitative estimate of drug-likeness (QED) is 0.871. The van der Waals surface area contributed by atoms with E-state index in [2.05, 4.69) is 9.97 Å². The van der Waals surface area contributed by atoms with Crippen molar-refractivity contribution >= 4 is 23.2 Å². The molecule has 1 aliphatic carbocycles. The van der Waals surface area contributed by atoms with Gasteiger partial charge in [0.15, 0.2) is 17.5 Å². The first-order chi connectivity index (χ1) is 12.0. The number of hydrogen-bond acceptors (Lipinski definition) is 5. The van der Waals surface area contributed by atoms with Gasteiger partial charge in [0.25, 0.3) is 0 Å². The number of benzene rings is 1. The van der Waals surface area contributed by atoms with Gasteiger partial charge in [-0.2, -0.15) is 0 Å². The minimum Gasteiger partial charge on any atom is -0.388 e. The summed E-state index contributed by atoms with van der Waals surface area (Å²) < 4.78 is 27.0. The van der Waals surface area contributed by atoms with Gasteiger partial charge in [0.05, 0.1) is 16.7 Å². The zero-order valence-electron chi connectivity index (χ0n) is 13.3. The molecular weight excluding hydrogens is 330 g/mol. The van der Waals surface area contributed by atoms with Gasteiger partial charge in [0.2, 0.25) is 5.91 Å². The molecule has 1 aromatic heterocycles. The van der Waals surface area contributed by atoms with E-state index in [4.69, 9.17) is 5.73 Å². The third-order valence-electron chi connectivity index (χ3n) is 5.03. The maximum absolute atomic E-state index is 13.7. The molecule has 8 heteroatoms. The number of carbonyl (C=O) groups excluding carboxylic acids is 1. The monoisotopic (exact) mass is 346 g/mol. The van der Waals surface area contributed by atoms with Crippen LogP contribution < -0.4 is 10.6 Å². The molecule has 1 saturated carbocycles. The van der Waals surface area contributed by atoms with Gasteiger partial charge in [-0.15, -0.1) is 0 Å². The number of nitrogens with zero attached hydrogens (tertiary/aromatic N) is 3. The summed E-state index contributed by atoms with van der Waals surface area (Å²) in [6.07, 6.45) is 2.92. The van der Waals surface area contributed by atoms with E-state index in [1.54, 1.807) is 0 Å². The van der Waals surface area contributed by atoms with Crippen molar-refractivity contribution in [3.8, 4) is 0 Å². The van der Waals surface area contributed by atoms with Crippen LogP contribution >= 0.6 is 0 Å². The number of fused-ring (bicyclic) bond motifs is 2. The molecule has 1 spiro atoms. The van der Waals surface area contributed by atoms with Gasteiger partial charge >= 0.3 is 0 Å². The van der Waals surface area contributed by atoms with Crippen LogP contribution in [0.3, 0.4) is 0 Å². The van der Waals surface area contributed by atoms with E-state index in [9.17, 15) is 18.7 Å². The molecule has 2 aliphatic rings. The van der Waals surface area contributed by atoms with E-state index < -0.39 is 23.7 Å². The second-order valence-electron chi connectivity index (χ2n) is 6.41. The Morgan fingerprint density at radius 1 is 1.20 bits per heavy atom. The number of aliphatic hydroxyl groups is 1. The van der Waals surface area contributed by atoms with Gasteiger partial charge < -0.3 is 10.8 Å². The molecule has 4 rings (SSSR count). The third kappa shape index (κ3) is 2.13. The molecule has 1 aliphatic heterocycles. The Kier molecular flexibility index (Phi) is 3.47. The van der Waals surface area contributed by atoms with Crippen molar-refractivity contribution in [3.63, 3.8) is 0 Å². The molecule has 0 radical (unpaired) electrons. The summed E-state index contributed by atoms with van der Waals surface area (Å²) in [5.41, 5.74) is 5.95. The van der Waals surface area contributed by atoms with Crippen LogP contribution in [-0.4, -0.2) is 21.0 Å². The Morgan fingerprint density at radius 3 is 2.56 bits per heavy atom. The fourth-order valence-electron chi connectivity index (χ4n) is 3.93. The lowest BCUT2D eigenvalue weighted by Crippen LogP contribution is -2.36. The molecule has 0 saturated heterocycles. The summed E-state index contributed by atoms with van der Waals surface area (Å²) in [5.74, 6) is -1.84. The number of amides is 1. The van der Waals surface area contributed by atoms with Crippen molar-refractivity contribution < 1.29 is 18.7 Å². The number of nitrogen functional groups attached to an aromatic ring is 1. The number of aromatic nitrogens is 2. The van der Waals surface area contributed by atoms with E-state index in [1.165, 1.54) is 11.0 Å². The topological polar surface area (TPSA) is 92.3 Å². The van der Waals surface area contributed by atoms with Crippen LogP contribution in [0.2, 0.25) is 0 Å². The van der Waals surface area contributed by atoms with Gasteiger partial charge in [-0.25, -0.2) is 18.7 Å². The molecule has 25 heavy (non-hydrogen) atoms. The van der Waals surface area contributed by atoms with Crippen molar-refractivity contribution in [1.29, 1.82) is 0 Å². The van der Waals surface area contributed by atoms with E-state index in [1.807, 2.05) is 0 Å².